The number of halogens is 1. The highest BCUT2D eigenvalue weighted by Crippen LogP contribution is 2.36. The first-order valence-corrected chi connectivity index (χ1v) is 13.6. The molecule has 0 amide bonds. The van der Waals surface area contributed by atoms with E-state index in [1.807, 2.05) is 30.5 Å². The molecule has 0 spiro atoms. The summed E-state index contributed by atoms with van der Waals surface area (Å²) in [6.07, 6.45) is 7.14. The molecule has 0 aliphatic carbocycles. The van der Waals surface area contributed by atoms with Gasteiger partial charge in [0.1, 0.15) is 5.82 Å². The van der Waals surface area contributed by atoms with E-state index in [0.717, 1.165) is 51.8 Å². The molecule has 8 heteroatoms. The SMILES string of the molecule is CN1CCCC1.COc1nc(N2CC3CCC(C2)N3)c2cnc(-c3cccc4cccc(Cl)c34)cc2n1. The molecular formula is C29H33ClN6O. The van der Waals surface area contributed by atoms with Crippen LogP contribution < -0.4 is 15.0 Å². The van der Waals surface area contributed by atoms with E-state index in [4.69, 9.17) is 26.3 Å². The standard InChI is InChI=1S/C24H22ClN5O.C5H11N/c1-31-24-28-21-10-20(17-6-2-4-14-5-3-7-19(25)22(14)17)26-11-18(21)23(29-24)30-12-15-8-9-16(13-30)27-15;1-6-4-2-3-5-6/h2-7,10-11,15-16,27H,8-9,12-13H2,1H3;2-5H2,1H3. The Kier molecular flexibility index (Phi) is 6.84. The molecule has 2 aromatic carbocycles. The fourth-order valence-corrected chi connectivity index (χ4v) is 6.11. The van der Waals surface area contributed by atoms with Crippen molar-refractivity contribution in [1.82, 2.24) is 25.2 Å². The molecule has 7 rings (SSSR count). The maximum Gasteiger partial charge on any atom is 0.318 e. The second-order valence-electron chi connectivity index (χ2n) is 10.3. The first-order valence-electron chi connectivity index (χ1n) is 13.2. The largest absolute Gasteiger partial charge is 0.467 e. The Labute approximate surface area is 222 Å². The molecule has 0 saturated carbocycles. The molecule has 0 radical (unpaired) electrons. The first kappa shape index (κ1) is 24.3. The van der Waals surface area contributed by atoms with Gasteiger partial charge in [0.25, 0.3) is 0 Å². The van der Waals surface area contributed by atoms with Crippen LogP contribution in [-0.4, -0.2) is 72.3 Å². The summed E-state index contributed by atoms with van der Waals surface area (Å²) in [4.78, 5) is 18.9. The van der Waals surface area contributed by atoms with E-state index < -0.39 is 0 Å². The maximum absolute atomic E-state index is 6.55. The quantitative estimate of drug-likeness (QED) is 0.403. The van der Waals surface area contributed by atoms with Crippen LogP contribution in [0.4, 0.5) is 5.82 Å². The van der Waals surface area contributed by atoms with E-state index in [-0.39, 0.29) is 0 Å². The number of aromatic nitrogens is 3. The third kappa shape index (κ3) is 4.96. The van der Waals surface area contributed by atoms with Crippen LogP contribution in [0.15, 0.2) is 48.7 Å². The fraction of sp³-hybridized carbons (Fsp3) is 0.414. The Morgan fingerprint density at radius 1 is 1.00 bits per heavy atom. The zero-order valence-corrected chi connectivity index (χ0v) is 22.2. The molecule has 192 valence electrons. The molecule has 2 aromatic heterocycles. The van der Waals surface area contributed by atoms with Gasteiger partial charge in [-0.3, -0.25) is 4.98 Å². The van der Waals surface area contributed by atoms with E-state index in [9.17, 15) is 0 Å². The summed E-state index contributed by atoms with van der Waals surface area (Å²) in [5.41, 5.74) is 2.64. The zero-order chi connectivity index (χ0) is 25.4. The number of hydrogen-bond acceptors (Lipinski definition) is 7. The molecule has 2 bridgehead atoms. The van der Waals surface area contributed by atoms with Gasteiger partial charge in [-0.1, -0.05) is 41.9 Å². The number of pyridine rings is 1. The minimum atomic E-state index is 0.376. The van der Waals surface area contributed by atoms with Gasteiger partial charge in [0, 0.05) is 47.3 Å². The number of fused-ring (bicyclic) bond motifs is 4. The molecule has 7 nitrogen and oxygen atoms in total. The Morgan fingerprint density at radius 2 is 1.73 bits per heavy atom. The summed E-state index contributed by atoms with van der Waals surface area (Å²) in [7, 11) is 3.78. The number of anilines is 1. The lowest BCUT2D eigenvalue weighted by Crippen LogP contribution is -2.51. The smallest absolute Gasteiger partial charge is 0.318 e. The number of rotatable bonds is 3. The van der Waals surface area contributed by atoms with Crippen LogP contribution in [0.3, 0.4) is 0 Å². The Hall–Kier alpha value is -3.00. The van der Waals surface area contributed by atoms with Crippen LogP contribution in [0.5, 0.6) is 6.01 Å². The molecule has 4 aromatic rings. The molecule has 1 N–H and O–H groups in total. The van der Waals surface area contributed by atoms with Gasteiger partial charge in [0.15, 0.2) is 0 Å². The Bertz CT molecular complexity index is 1410. The number of nitrogens with one attached hydrogen (secondary N) is 1. The molecule has 3 aliphatic rings. The Morgan fingerprint density at radius 3 is 2.41 bits per heavy atom. The third-order valence-corrected chi connectivity index (χ3v) is 8.01. The second-order valence-corrected chi connectivity index (χ2v) is 10.7. The lowest BCUT2D eigenvalue weighted by molar-refractivity contribution is 0.380. The highest BCUT2D eigenvalue weighted by atomic mass is 35.5. The highest BCUT2D eigenvalue weighted by Gasteiger charge is 2.33. The molecule has 2 atom stereocenters. The number of likely N-dealkylation sites (tertiary alicyclic amines) is 1. The number of ether oxygens (including phenoxy) is 1. The molecule has 3 aliphatic heterocycles. The first-order chi connectivity index (χ1) is 18.1. The fourth-order valence-electron chi connectivity index (χ4n) is 5.82. The zero-order valence-electron chi connectivity index (χ0n) is 21.5. The van der Waals surface area contributed by atoms with Gasteiger partial charge in [0.2, 0.25) is 0 Å². The second kappa shape index (κ2) is 10.4. The average molecular weight is 517 g/mol. The number of benzene rings is 2. The topological polar surface area (TPSA) is 66.4 Å². The lowest BCUT2D eigenvalue weighted by Gasteiger charge is -2.34. The normalized spacial score (nSPS) is 21.3. The van der Waals surface area contributed by atoms with Crippen molar-refractivity contribution < 1.29 is 4.74 Å². The van der Waals surface area contributed by atoms with E-state index >= 15 is 0 Å². The van der Waals surface area contributed by atoms with Crippen molar-refractivity contribution >= 4 is 39.1 Å². The molecule has 3 fully saturated rings. The van der Waals surface area contributed by atoms with Crippen molar-refractivity contribution in [3.8, 4) is 17.3 Å². The summed E-state index contributed by atoms with van der Waals surface area (Å²) in [6, 6.07) is 15.5. The number of nitrogens with zero attached hydrogens (tertiary/aromatic N) is 5. The van der Waals surface area contributed by atoms with Crippen molar-refractivity contribution in [2.75, 3.05) is 45.2 Å². The summed E-state index contributed by atoms with van der Waals surface area (Å²) in [6.45, 7) is 4.51. The van der Waals surface area contributed by atoms with Crippen LogP contribution >= 0.6 is 11.6 Å². The lowest BCUT2D eigenvalue weighted by atomic mass is 10.0. The van der Waals surface area contributed by atoms with Crippen LogP contribution in [0.1, 0.15) is 25.7 Å². The van der Waals surface area contributed by atoms with E-state index in [2.05, 4.69) is 45.3 Å². The number of methoxy groups -OCH3 is 1. The van der Waals surface area contributed by atoms with Gasteiger partial charge in [0.05, 0.1) is 23.7 Å². The van der Waals surface area contributed by atoms with Gasteiger partial charge in [-0.25, -0.2) is 0 Å². The number of piperazine rings is 1. The van der Waals surface area contributed by atoms with Gasteiger partial charge in [-0.2, -0.15) is 9.97 Å². The summed E-state index contributed by atoms with van der Waals surface area (Å²) in [5.74, 6) is 0.898. The highest BCUT2D eigenvalue weighted by molar-refractivity contribution is 6.36. The van der Waals surface area contributed by atoms with Crippen LogP contribution in [-0.2, 0) is 0 Å². The molecule has 2 unspecified atom stereocenters. The maximum atomic E-state index is 6.55. The van der Waals surface area contributed by atoms with Crippen molar-refractivity contribution in [3.05, 3.63) is 53.7 Å². The molecule has 3 saturated heterocycles. The monoisotopic (exact) mass is 516 g/mol. The molecule has 37 heavy (non-hydrogen) atoms. The van der Waals surface area contributed by atoms with Gasteiger partial charge < -0.3 is 19.9 Å². The summed E-state index contributed by atoms with van der Waals surface area (Å²) >= 11 is 6.55. The minimum absolute atomic E-state index is 0.376. The van der Waals surface area contributed by atoms with Crippen molar-refractivity contribution in [1.29, 1.82) is 0 Å². The average Bonchev–Trinajstić information content (AvgIpc) is 3.54. The third-order valence-electron chi connectivity index (χ3n) is 7.70. The van der Waals surface area contributed by atoms with Crippen molar-refractivity contribution in [2.24, 2.45) is 0 Å². The Balaban J connectivity index is 0.000000372. The van der Waals surface area contributed by atoms with Crippen LogP contribution in [0, 0.1) is 0 Å². The van der Waals surface area contributed by atoms with Gasteiger partial charge >= 0.3 is 6.01 Å². The summed E-state index contributed by atoms with van der Waals surface area (Å²) in [5, 5.41) is 7.42. The van der Waals surface area contributed by atoms with Crippen LogP contribution in [0.2, 0.25) is 5.02 Å². The van der Waals surface area contributed by atoms with E-state index in [1.54, 1.807) is 7.11 Å². The van der Waals surface area contributed by atoms with E-state index in [0.29, 0.717) is 23.1 Å². The van der Waals surface area contributed by atoms with Crippen molar-refractivity contribution in [2.45, 2.75) is 37.8 Å². The predicted octanol–water partition coefficient (Wildman–Crippen LogP) is 5.16. The summed E-state index contributed by atoms with van der Waals surface area (Å²) < 4.78 is 5.45. The van der Waals surface area contributed by atoms with Gasteiger partial charge in [-0.05, 0) is 63.3 Å². The number of hydrogen-bond donors (Lipinski definition) is 1. The van der Waals surface area contributed by atoms with E-state index in [1.165, 1.54) is 38.8 Å². The molecular weight excluding hydrogens is 484 g/mol. The molecule has 5 heterocycles. The van der Waals surface area contributed by atoms with Gasteiger partial charge in [-0.15, -0.1) is 0 Å². The minimum Gasteiger partial charge on any atom is -0.467 e. The van der Waals surface area contributed by atoms with Crippen LogP contribution in [0.25, 0.3) is 32.9 Å². The van der Waals surface area contributed by atoms with Crippen molar-refractivity contribution in [3.63, 3.8) is 0 Å². The predicted molar refractivity (Wildman–Crippen MR) is 151 cm³/mol.